The van der Waals surface area contributed by atoms with Crippen LogP contribution in [-0.4, -0.2) is 0 Å². The van der Waals surface area contributed by atoms with E-state index in [0.29, 0.717) is 0 Å². The van der Waals surface area contributed by atoms with Crippen LogP contribution >= 0.6 is 15.9 Å². The van der Waals surface area contributed by atoms with Gasteiger partial charge in [0.15, 0.2) is 0 Å². The standard InChI is InChI=1S/C16H23Br/c1-2-3-13-4-8-15(9-5-13)16-10-6-14(12-17)7-11-16/h6-7,10-11,13,15H,2-5,8-9,12H2,1H3. The number of hydrogen-bond acceptors (Lipinski definition) is 0. The maximum atomic E-state index is 3.50. The van der Waals surface area contributed by atoms with E-state index >= 15 is 0 Å². The van der Waals surface area contributed by atoms with Crippen molar-refractivity contribution >= 4 is 15.9 Å². The Kier molecular flexibility index (Phi) is 5.09. The third-order valence-electron chi connectivity index (χ3n) is 4.15. The Morgan fingerprint density at radius 3 is 2.24 bits per heavy atom. The number of benzene rings is 1. The lowest BCUT2D eigenvalue weighted by atomic mass is 9.77. The molecule has 1 fully saturated rings. The fourth-order valence-electron chi connectivity index (χ4n) is 3.07. The lowest BCUT2D eigenvalue weighted by Gasteiger charge is -2.28. The van der Waals surface area contributed by atoms with Gasteiger partial charge >= 0.3 is 0 Å². The van der Waals surface area contributed by atoms with E-state index < -0.39 is 0 Å². The fourth-order valence-corrected chi connectivity index (χ4v) is 3.45. The van der Waals surface area contributed by atoms with Crippen molar-refractivity contribution < 1.29 is 0 Å². The summed E-state index contributed by atoms with van der Waals surface area (Å²) in [5.74, 6) is 1.84. The summed E-state index contributed by atoms with van der Waals surface area (Å²) in [4.78, 5) is 0. The van der Waals surface area contributed by atoms with Crippen molar-refractivity contribution in [1.29, 1.82) is 0 Å². The van der Waals surface area contributed by atoms with E-state index in [1.807, 2.05) is 0 Å². The van der Waals surface area contributed by atoms with Gasteiger partial charge in [0, 0.05) is 5.33 Å². The average Bonchev–Trinajstić information content (AvgIpc) is 2.40. The van der Waals surface area contributed by atoms with Gasteiger partial charge in [0.25, 0.3) is 0 Å². The van der Waals surface area contributed by atoms with Crippen LogP contribution in [0.3, 0.4) is 0 Å². The molecule has 0 unspecified atom stereocenters. The van der Waals surface area contributed by atoms with Gasteiger partial charge in [0.05, 0.1) is 0 Å². The Hall–Kier alpha value is -0.300. The number of rotatable bonds is 4. The van der Waals surface area contributed by atoms with Crippen LogP contribution in [-0.2, 0) is 5.33 Å². The zero-order valence-corrected chi connectivity index (χ0v) is 12.4. The van der Waals surface area contributed by atoms with Crippen molar-refractivity contribution in [2.75, 3.05) is 0 Å². The number of halogens is 1. The Labute approximate surface area is 114 Å². The molecule has 1 saturated carbocycles. The van der Waals surface area contributed by atoms with Gasteiger partial charge < -0.3 is 0 Å². The van der Waals surface area contributed by atoms with E-state index in [9.17, 15) is 0 Å². The lowest BCUT2D eigenvalue weighted by Crippen LogP contribution is -2.13. The zero-order chi connectivity index (χ0) is 12.1. The van der Waals surface area contributed by atoms with Crippen LogP contribution in [0, 0.1) is 5.92 Å². The predicted molar refractivity (Wildman–Crippen MR) is 78.7 cm³/mol. The van der Waals surface area contributed by atoms with E-state index in [2.05, 4.69) is 47.1 Å². The largest absolute Gasteiger partial charge is 0.0876 e. The quantitative estimate of drug-likeness (QED) is 0.629. The first-order valence-electron chi connectivity index (χ1n) is 6.98. The summed E-state index contributed by atoms with van der Waals surface area (Å²) >= 11 is 3.50. The van der Waals surface area contributed by atoms with Crippen molar-refractivity contribution in [3.8, 4) is 0 Å². The second-order valence-corrected chi connectivity index (χ2v) is 5.94. The molecular weight excluding hydrogens is 272 g/mol. The van der Waals surface area contributed by atoms with Gasteiger partial charge in [-0.15, -0.1) is 0 Å². The minimum atomic E-state index is 0.826. The van der Waals surface area contributed by atoms with Crippen LogP contribution in [0.15, 0.2) is 24.3 Å². The first-order valence-corrected chi connectivity index (χ1v) is 8.10. The van der Waals surface area contributed by atoms with E-state index in [0.717, 1.165) is 17.2 Å². The molecule has 1 heteroatoms. The summed E-state index contributed by atoms with van der Waals surface area (Å²) in [5.41, 5.74) is 2.94. The van der Waals surface area contributed by atoms with Gasteiger partial charge in [0.1, 0.15) is 0 Å². The third kappa shape index (κ3) is 3.58. The number of hydrogen-bond donors (Lipinski definition) is 0. The zero-order valence-electron chi connectivity index (χ0n) is 10.8. The molecule has 0 atom stereocenters. The minimum Gasteiger partial charge on any atom is -0.0876 e. The molecule has 1 aliphatic rings. The molecule has 2 rings (SSSR count). The van der Waals surface area contributed by atoms with Crippen molar-refractivity contribution in [2.24, 2.45) is 5.92 Å². The van der Waals surface area contributed by atoms with E-state index in [1.54, 1.807) is 5.56 Å². The molecule has 94 valence electrons. The Balaban J connectivity index is 1.91. The summed E-state index contributed by atoms with van der Waals surface area (Å²) in [7, 11) is 0. The van der Waals surface area contributed by atoms with E-state index in [4.69, 9.17) is 0 Å². The highest BCUT2D eigenvalue weighted by molar-refractivity contribution is 9.08. The van der Waals surface area contributed by atoms with Crippen LogP contribution in [0.5, 0.6) is 0 Å². The molecule has 0 nitrogen and oxygen atoms in total. The van der Waals surface area contributed by atoms with Crippen LogP contribution in [0.4, 0.5) is 0 Å². The van der Waals surface area contributed by atoms with Crippen molar-refractivity contribution in [3.05, 3.63) is 35.4 Å². The first kappa shape index (κ1) is 13.1. The Bertz CT molecular complexity index is 320. The molecule has 0 heterocycles. The molecule has 1 aromatic carbocycles. The summed E-state index contributed by atoms with van der Waals surface area (Å²) < 4.78 is 0. The second kappa shape index (κ2) is 6.58. The second-order valence-electron chi connectivity index (χ2n) is 5.38. The SMILES string of the molecule is CCCC1CCC(c2ccc(CBr)cc2)CC1. The number of alkyl halides is 1. The van der Waals surface area contributed by atoms with Crippen LogP contribution < -0.4 is 0 Å². The molecule has 0 aromatic heterocycles. The van der Waals surface area contributed by atoms with Gasteiger partial charge in [-0.1, -0.05) is 60.0 Å². The highest BCUT2D eigenvalue weighted by Crippen LogP contribution is 2.37. The normalized spacial score (nSPS) is 24.8. The predicted octanol–water partition coefficient (Wildman–Crippen LogP) is 5.66. The molecule has 1 aromatic rings. The molecule has 0 radical (unpaired) electrons. The van der Waals surface area contributed by atoms with Gasteiger partial charge in [-0.2, -0.15) is 0 Å². The van der Waals surface area contributed by atoms with Gasteiger partial charge in [-0.3, -0.25) is 0 Å². The van der Waals surface area contributed by atoms with Gasteiger partial charge in [0.2, 0.25) is 0 Å². The molecule has 0 saturated heterocycles. The van der Waals surface area contributed by atoms with Crippen LogP contribution in [0.2, 0.25) is 0 Å². The monoisotopic (exact) mass is 294 g/mol. The molecule has 0 aliphatic heterocycles. The van der Waals surface area contributed by atoms with Crippen molar-refractivity contribution in [2.45, 2.75) is 56.7 Å². The average molecular weight is 295 g/mol. The highest BCUT2D eigenvalue weighted by atomic mass is 79.9. The molecule has 1 aliphatic carbocycles. The third-order valence-corrected chi connectivity index (χ3v) is 4.80. The van der Waals surface area contributed by atoms with Crippen LogP contribution in [0.1, 0.15) is 62.5 Å². The molecule has 0 N–H and O–H groups in total. The fraction of sp³-hybridized carbons (Fsp3) is 0.625. The molecule has 0 spiro atoms. The summed E-state index contributed by atoms with van der Waals surface area (Å²) in [6, 6.07) is 9.20. The first-order chi connectivity index (χ1) is 8.33. The smallest absolute Gasteiger partial charge is 0.0283 e. The summed E-state index contributed by atoms with van der Waals surface area (Å²) in [5, 5.41) is 0.969. The Morgan fingerprint density at radius 1 is 1.06 bits per heavy atom. The topological polar surface area (TPSA) is 0 Å². The maximum Gasteiger partial charge on any atom is 0.0283 e. The summed E-state index contributed by atoms with van der Waals surface area (Å²) in [6.07, 6.45) is 8.48. The summed E-state index contributed by atoms with van der Waals surface area (Å²) in [6.45, 7) is 2.31. The molecule has 17 heavy (non-hydrogen) atoms. The van der Waals surface area contributed by atoms with E-state index in [-0.39, 0.29) is 0 Å². The van der Waals surface area contributed by atoms with Crippen molar-refractivity contribution in [1.82, 2.24) is 0 Å². The minimum absolute atomic E-state index is 0.826. The van der Waals surface area contributed by atoms with Crippen molar-refractivity contribution in [3.63, 3.8) is 0 Å². The molecular formula is C16H23Br. The van der Waals surface area contributed by atoms with Crippen LogP contribution in [0.25, 0.3) is 0 Å². The van der Waals surface area contributed by atoms with Gasteiger partial charge in [-0.25, -0.2) is 0 Å². The molecule has 0 amide bonds. The lowest BCUT2D eigenvalue weighted by molar-refractivity contribution is 0.308. The Morgan fingerprint density at radius 2 is 1.71 bits per heavy atom. The maximum absolute atomic E-state index is 3.50. The highest BCUT2D eigenvalue weighted by Gasteiger charge is 2.21. The molecule has 0 bridgehead atoms. The van der Waals surface area contributed by atoms with Gasteiger partial charge in [-0.05, 0) is 48.6 Å². The van der Waals surface area contributed by atoms with E-state index in [1.165, 1.54) is 44.1 Å².